The summed E-state index contributed by atoms with van der Waals surface area (Å²) in [5.74, 6) is 0.863. The number of nitrogens with zero attached hydrogens (tertiary/aromatic N) is 2. The van der Waals surface area contributed by atoms with E-state index in [9.17, 15) is 4.79 Å². The number of carbonyl (C=O) groups excluding carboxylic acids is 1. The molecule has 1 saturated heterocycles. The molecule has 0 spiro atoms. The zero-order valence-corrected chi connectivity index (χ0v) is 12.6. The van der Waals surface area contributed by atoms with E-state index in [1.54, 1.807) is 13.2 Å². The van der Waals surface area contributed by atoms with Crippen LogP contribution in [0.15, 0.2) is 18.2 Å². The third-order valence-corrected chi connectivity index (χ3v) is 4.05. The Balaban J connectivity index is 2.10. The normalized spacial score (nSPS) is 20.1. The van der Waals surface area contributed by atoms with Gasteiger partial charge in [0.2, 0.25) is 0 Å². The zero-order valence-electron chi connectivity index (χ0n) is 12.6. The highest BCUT2D eigenvalue weighted by molar-refractivity contribution is 5.75. The largest absolute Gasteiger partial charge is 0.496 e. The van der Waals surface area contributed by atoms with Crippen LogP contribution in [0.1, 0.15) is 28.8 Å². The Hall–Kier alpha value is -1.39. The van der Waals surface area contributed by atoms with E-state index in [-0.39, 0.29) is 0 Å². The van der Waals surface area contributed by atoms with Crippen molar-refractivity contribution in [2.24, 2.45) is 0 Å². The van der Waals surface area contributed by atoms with E-state index in [2.05, 4.69) is 23.9 Å². The molecule has 4 nitrogen and oxygen atoms in total. The second-order valence-electron chi connectivity index (χ2n) is 5.68. The van der Waals surface area contributed by atoms with Crippen LogP contribution >= 0.6 is 0 Å². The average molecular weight is 276 g/mol. The van der Waals surface area contributed by atoms with Crippen molar-refractivity contribution in [3.63, 3.8) is 0 Å². The van der Waals surface area contributed by atoms with Crippen molar-refractivity contribution in [3.05, 3.63) is 29.3 Å². The smallest absolute Gasteiger partial charge is 0.150 e. The van der Waals surface area contributed by atoms with Crippen LogP contribution in [0.2, 0.25) is 0 Å². The molecule has 2 rings (SSSR count). The van der Waals surface area contributed by atoms with Gasteiger partial charge in [-0.3, -0.25) is 9.69 Å². The first-order chi connectivity index (χ1) is 9.63. The second-order valence-corrected chi connectivity index (χ2v) is 5.68. The fraction of sp³-hybridized carbons (Fsp3) is 0.562. The SMILES string of the molecule is COc1ccc(C=O)cc1CN1CCCC(N(C)C)C1. The molecule has 4 heteroatoms. The Bertz CT molecular complexity index is 460. The van der Waals surface area contributed by atoms with E-state index in [1.165, 1.54) is 12.8 Å². The summed E-state index contributed by atoms with van der Waals surface area (Å²) in [6.45, 7) is 3.02. The van der Waals surface area contributed by atoms with Crippen LogP contribution in [0, 0.1) is 0 Å². The van der Waals surface area contributed by atoms with E-state index < -0.39 is 0 Å². The molecule has 1 aromatic rings. The fourth-order valence-electron chi connectivity index (χ4n) is 2.83. The summed E-state index contributed by atoms with van der Waals surface area (Å²) in [5, 5.41) is 0. The topological polar surface area (TPSA) is 32.8 Å². The number of hydrogen-bond donors (Lipinski definition) is 0. The predicted octanol–water partition coefficient (Wildman–Crippen LogP) is 2.03. The quantitative estimate of drug-likeness (QED) is 0.771. The van der Waals surface area contributed by atoms with Crippen molar-refractivity contribution >= 4 is 6.29 Å². The van der Waals surface area contributed by atoms with Crippen molar-refractivity contribution < 1.29 is 9.53 Å². The molecule has 110 valence electrons. The molecule has 0 saturated carbocycles. The molecule has 0 aliphatic carbocycles. The first-order valence-corrected chi connectivity index (χ1v) is 7.15. The fourth-order valence-corrected chi connectivity index (χ4v) is 2.83. The predicted molar refractivity (Wildman–Crippen MR) is 80.4 cm³/mol. The molecular formula is C16H24N2O2. The van der Waals surface area contributed by atoms with Gasteiger partial charge in [-0.25, -0.2) is 0 Å². The van der Waals surface area contributed by atoms with Gasteiger partial charge >= 0.3 is 0 Å². The minimum Gasteiger partial charge on any atom is -0.496 e. The number of piperidine rings is 1. The molecule has 0 bridgehead atoms. The Labute approximate surface area is 121 Å². The molecule has 1 aliphatic heterocycles. The minimum absolute atomic E-state index is 0.615. The number of aldehydes is 1. The summed E-state index contributed by atoms with van der Waals surface area (Å²) < 4.78 is 5.41. The van der Waals surface area contributed by atoms with E-state index >= 15 is 0 Å². The van der Waals surface area contributed by atoms with Crippen LogP contribution < -0.4 is 4.74 Å². The third kappa shape index (κ3) is 3.58. The van der Waals surface area contributed by atoms with Gasteiger partial charge in [-0.15, -0.1) is 0 Å². The molecule has 1 fully saturated rings. The molecule has 1 heterocycles. The zero-order chi connectivity index (χ0) is 14.5. The monoisotopic (exact) mass is 276 g/mol. The number of carbonyl (C=O) groups is 1. The van der Waals surface area contributed by atoms with Crippen molar-refractivity contribution in [2.75, 3.05) is 34.3 Å². The van der Waals surface area contributed by atoms with Gasteiger partial charge in [-0.2, -0.15) is 0 Å². The van der Waals surface area contributed by atoms with Crippen LogP contribution in [0.5, 0.6) is 5.75 Å². The van der Waals surface area contributed by atoms with Gasteiger partial charge in [-0.1, -0.05) is 0 Å². The maximum Gasteiger partial charge on any atom is 0.150 e. The van der Waals surface area contributed by atoms with E-state index in [1.807, 2.05) is 12.1 Å². The van der Waals surface area contributed by atoms with Gasteiger partial charge < -0.3 is 9.64 Å². The second kappa shape index (κ2) is 6.86. The van der Waals surface area contributed by atoms with Gasteiger partial charge in [0, 0.05) is 30.3 Å². The number of ether oxygens (including phenoxy) is 1. The summed E-state index contributed by atoms with van der Waals surface area (Å²) in [4.78, 5) is 15.7. The van der Waals surface area contributed by atoms with Gasteiger partial charge in [-0.05, 0) is 51.7 Å². The summed E-state index contributed by atoms with van der Waals surface area (Å²) in [5.41, 5.74) is 1.80. The first-order valence-electron chi connectivity index (χ1n) is 7.15. The Morgan fingerprint density at radius 2 is 2.25 bits per heavy atom. The lowest BCUT2D eigenvalue weighted by molar-refractivity contribution is 0.112. The molecule has 20 heavy (non-hydrogen) atoms. The summed E-state index contributed by atoms with van der Waals surface area (Å²) in [6, 6.07) is 6.23. The third-order valence-electron chi connectivity index (χ3n) is 4.05. The molecule has 1 aromatic carbocycles. The molecule has 1 aliphatic rings. The van der Waals surface area contributed by atoms with Gasteiger partial charge in [0.15, 0.2) is 0 Å². The first kappa shape index (κ1) is 15.0. The van der Waals surface area contributed by atoms with Crippen LogP contribution in [0.25, 0.3) is 0 Å². The van der Waals surface area contributed by atoms with Gasteiger partial charge in [0.05, 0.1) is 7.11 Å². The Morgan fingerprint density at radius 1 is 1.45 bits per heavy atom. The molecule has 1 atom stereocenters. The van der Waals surface area contributed by atoms with Crippen LogP contribution in [-0.4, -0.2) is 56.4 Å². The number of methoxy groups -OCH3 is 1. The summed E-state index contributed by atoms with van der Waals surface area (Å²) in [7, 11) is 5.96. The molecular weight excluding hydrogens is 252 g/mol. The number of likely N-dealkylation sites (N-methyl/N-ethyl adjacent to an activating group) is 1. The maximum absolute atomic E-state index is 10.9. The van der Waals surface area contributed by atoms with Crippen LogP contribution in [-0.2, 0) is 6.54 Å². The van der Waals surface area contributed by atoms with Crippen molar-refractivity contribution in [1.82, 2.24) is 9.80 Å². The van der Waals surface area contributed by atoms with E-state index in [4.69, 9.17) is 4.74 Å². The summed E-state index contributed by atoms with van der Waals surface area (Å²) in [6.07, 6.45) is 3.37. The van der Waals surface area contributed by atoms with Crippen molar-refractivity contribution in [3.8, 4) is 5.75 Å². The highest BCUT2D eigenvalue weighted by Gasteiger charge is 2.22. The summed E-state index contributed by atoms with van der Waals surface area (Å²) >= 11 is 0. The number of likely N-dealkylation sites (tertiary alicyclic amines) is 1. The molecule has 0 N–H and O–H groups in total. The van der Waals surface area contributed by atoms with Gasteiger partial charge in [0.25, 0.3) is 0 Å². The highest BCUT2D eigenvalue weighted by Crippen LogP contribution is 2.23. The molecule has 0 amide bonds. The lowest BCUT2D eigenvalue weighted by Gasteiger charge is -2.36. The van der Waals surface area contributed by atoms with E-state index in [0.717, 1.165) is 37.2 Å². The molecule has 1 unspecified atom stereocenters. The maximum atomic E-state index is 10.9. The van der Waals surface area contributed by atoms with E-state index in [0.29, 0.717) is 11.6 Å². The minimum atomic E-state index is 0.615. The van der Waals surface area contributed by atoms with Crippen LogP contribution in [0.3, 0.4) is 0 Å². The van der Waals surface area contributed by atoms with Crippen molar-refractivity contribution in [1.29, 1.82) is 0 Å². The standard InChI is InChI=1S/C16H24N2O2/c1-17(2)15-5-4-8-18(11-15)10-14-9-13(12-19)6-7-16(14)20-3/h6-7,9,12,15H,4-5,8,10-11H2,1-3H3. The molecule has 0 aromatic heterocycles. The van der Waals surface area contributed by atoms with Crippen molar-refractivity contribution in [2.45, 2.75) is 25.4 Å². The van der Waals surface area contributed by atoms with Crippen LogP contribution in [0.4, 0.5) is 0 Å². The van der Waals surface area contributed by atoms with Gasteiger partial charge in [0.1, 0.15) is 12.0 Å². The average Bonchev–Trinajstić information content (AvgIpc) is 2.47. The lowest BCUT2D eigenvalue weighted by atomic mass is 10.0. The Kier molecular flexibility index (Phi) is 5.15. The highest BCUT2D eigenvalue weighted by atomic mass is 16.5. The number of hydrogen-bond acceptors (Lipinski definition) is 4. The molecule has 0 radical (unpaired) electrons. The Morgan fingerprint density at radius 3 is 2.90 bits per heavy atom. The number of benzene rings is 1. The lowest BCUT2D eigenvalue weighted by Crippen LogP contribution is -2.44. The number of rotatable bonds is 5.